The van der Waals surface area contributed by atoms with Gasteiger partial charge in [0.15, 0.2) is 0 Å². The molecule has 78 heavy (non-hydrogen) atoms. The molecule has 460 valence electrons. The van der Waals surface area contributed by atoms with Gasteiger partial charge in [-0.3, -0.25) is 9.59 Å². The van der Waals surface area contributed by atoms with E-state index in [9.17, 15) is 186 Å². The van der Waals surface area contributed by atoms with E-state index >= 15 is 0 Å². The minimum Gasteiger partial charge on any atom is -0.459 e. The SMILES string of the molecule is CC(=O)OC(COC(=O)/C=C\C(=O)OCC(CC(F)(F)C(F)(F)C(F)(F)C(F)(F)C(F)(F)C(F)(F)C(F)(F)C(F)(F)C(F)(F)F)OC(C)=O)CC(F)(F)C(F)(F)C(F)(F)C(F)(F)C(F)(F)C(F)(F)C(F)(F)C(F)(F)C(F)(F)F. The molecule has 0 bridgehead atoms. The lowest BCUT2D eigenvalue weighted by molar-refractivity contribution is -0.469. The van der Waals surface area contributed by atoms with E-state index in [1.165, 1.54) is 0 Å². The molecule has 0 N–H and O–H groups in total. The maximum absolute atomic E-state index is 14.5. The highest BCUT2D eigenvalue weighted by atomic mass is 19.4. The molecule has 0 aromatic carbocycles. The Morgan fingerprint density at radius 2 is 0.462 bits per heavy atom. The fourth-order valence-electron chi connectivity index (χ4n) is 4.94. The van der Waals surface area contributed by atoms with Gasteiger partial charge >= 0.3 is 131 Å². The summed E-state index contributed by atoms with van der Waals surface area (Å²) in [5.41, 5.74) is 0. The zero-order chi connectivity index (χ0) is 63.5. The predicted molar refractivity (Wildman–Crippen MR) is 163 cm³/mol. The lowest BCUT2D eigenvalue weighted by Crippen LogP contribution is -2.75. The highest BCUT2D eigenvalue weighted by Crippen LogP contribution is 2.68. The molecule has 0 saturated heterocycles. The smallest absolute Gasteiger partial charge is 0.459 e. The zero-order valence-electron chi connectivity index (χ0n) is 35.8. The van der Waals surface area contributed by atoms with E-state index in [4.69, 9.17) is 0 Å². The number of ether oxygens (including phenoxy) is 4. The van der Waals surface area contributed by atoms with E-state index in [0.29, 0.717) is 0 Å². The second-order valence-electron chi connectivity index (χ2n) is 14.9. The van der Waals surface area contributed by atoms with E-state index in [2.05, 4.69) is 18.9 Å². The van der Waals surface area contributed by atoms with Crippen LogP contribution >= 0.6 is 0 Å². The van der Waals surface area contributed by atoms with Gasteiger partial charge in [-0.25, -0.2) is 9.59 Å². The maximum atomic E-state index is 14.5. The van der Waals surface area contributed by atoms with Crippen molar-refractivity contribution >= 4 is 23.9 Å². The number of esters is 4. The van der Waals surface area contributed by atoms with Crippen molar-refractivity contribution in [3.05, 3.63) is 12.2 Å². The second kappa shape index (κ2) is 21.1. The summed E-state index contributed by atoms with van der Waals surface area (Å²) in [6.07, 6.45) is -32.3. The van der Waals surface area contributed by atoms with Gasteiger partial charge in [-0.2, -0.15) is 167 Å². The standard InChI is InChI=1S/C32H18F38O8/c1-9(71)77-11(5-15(33,34)17(37,38)19(41,42)21(45,46)23(49,50)25(53,54)27(57,58)29(61,62)31(65,66)67)7-75-13(73)3-4-14(74)76-8-12(78-10(2)72)6-16(35,36)18(39,40)20(43,44)22(47,48)24(51,52)26(55,56)28(59,60)30(63,64)32(68,69)70/h3-4,11-12H,5-8H2,1-2H3/b4-3-. The van der Waals surface area contributed by atoms with Crippen molar-refractivity contribution in [3.63, 3.8) is 0 Å². The Labute approximate surface area is 401 Å². The first-order valence-electron chi connectivity index (χ1n) is 18.1. The molecular formula is C32H18F38O8. The van der Waals surface area contributed by atoms with Crippen LogP contribution in [0.25, 0.3) is 0 Å². The summed E-state index contributed by atoms with van der Waals surface area (Å²) in [6.45, 7) is -4.98. The van der Waals surface area contributed by atoms with Crippen LogP contribution in [-0.4, -0.2) is 156 Å². The van der Waals surface area contributed by atoms with Crippen LogP contribution in [0.15, 0.2) is 12.2 Å². The van der Waals surface area contributed by atoms with Gasteiger partial charge in [0, 0.05) is 26.0 Å². The number of hydrogen-bond acceptors (Lipinski definition) is 8. The summed E-state index contributed by atoms with van der Waals surface area (Å²) >= 11 is 0. The number of alkyl halides is 38. The molecule has 0 saturated carbocycles. The summed E-state index contributed by atoms with van der Waals surface area (Å²) in [6, 6.07) is 0. The first-order chi connectivity index (χ1) is 33.6. The molecule has 0 aliphatic carbocycles. The van der Waals surface area contributed by atoms with Crippen molar-refractivity contribution in [1.29, 1.82) is 0 Å². The summed E-state index contributed by atoms with van der Waals surface area (Å²) in [4.78, 5) is 46.2. The molecule has 0 spiro atoms. The largest absolute Gasteiger partial charge is 0.460 e. The molecule has 46 heteroatoms. The van der Waals surface area contributed by atoms with Crippen LogP contribution in [0.5, 0.6) is 0 Å². The minimum absolute atomic E-state index is 0.0221. The van der Waals surface area contributed by atoms with Crippen LogP contribution in [-0.2, 0) is 38.1 Å². The van der Waals surface area contributed by atoms with Crippen molar-refractivity contribution in [2.75, 3.05) is 13.2 Å². The van der Waals surface area contributed by atoms with Crippen molar-refractivity contribution < 1.29 is 205 Å². The van der Waals surface area contributed by atoms with E-state index < -0.39 is 181 Å². The third kappa shape index (κ3) is 11.7. The van der Waals surface area contributed by atoms with Crippen LogP contribution in [0.1, 0.15) is 26.7 Å². The number of carbonyl (C=O) groups excluding carboxylic acids is 4. The molecule has 0 aromatic rings. The molecule has 0 aromatic heterocycles. The van der Waals surface area contributed by atoms with Crippen LogP contribution in [0.3, 0.4) is 0 Å². The molecule has 0 amide bonds. The average Bonchev–Trinajstić information content (AvgIpc) is 3.21. The van der Waals surface area contributed by atoms with Gasteiger partial charge in [-0.15, -0.1) is 0 Å². The highest BCUT2D eigenvalue weighted by Gasteiger charge is 2.98. The topological polar surface area (TPSA) is 105 Å². The van der Waals surface area contributed by atoms with E-state index in [0.717, 1.165) is 0 Å². The van der Waals surface area contributed by atoms with Gasteiger partial charge < -0.3 is 18.9 Å². The van der Waals surface area contributed by atoms with Crippen LogP contribution in [0.4, 0.5) is 167 Å². The Morgan fingerprint density at radius 1 is 0.295 bits per heavy atom. The lowest BCUT2D eigenvalue weighted by Gasteiger charge is -2.44. The molecule has 2 unspecified atom stereocenters. The maximum Gasteiger partial charge on any atom is 0.460 e. The van der Waals surface area contributed by atoms with Gasteiger partial charge in [0.25, 0.3) is 0 Å². The molecule has 0 rings (SSSR count). The van der Waals surface area contributed by atoms with E-state index in [-0.39, 0.29) is 13.8 Å². The van der Waals surface area contributed by atoms with E-state index in [1.807, 2.05) is 0 Å². The predicted octanol–water partition coefficient (Wildman–Crippen LogP) is 12.6. The third-order valence-corrected chi connectivity index (χ3v) is 9.17. The van der Waals surface area contributed by atoms with Crippen molar-refractivity contribution in [3.8, 4) is 0 Å². The third-order valence-electron chi connectivity index (χ3n) is 9.17. The van der Waals surface area contributed by atoms with Gasteiger partial charge in [0.2, 0.25) is 0 Å². The monoisotopic (exact) mass is 1250 g/mol. The molecule has 0 radical (unpaired) electrons. The molecule has 0 fully saturated rings. The van der Waals surface area contributed by atoms with Crippen LogP contribution < -0.4 is 0 Å². The molecule has 0 heterocycles. The summed E-state index contributed by atoms with van der Waals surface area (Å²) in [7, 11) is 0. The first-order valence-corrected chi connectivity index (χ1v) is 18.1. The Hall–Kier alpha value is -5.04. The van der Waals surface area contributed by atoms with Crippen LogP contribution in [0, 0.1) is 0 Å². The average molecular weight is 1250 g/mol. The number of hydrogen-bond donors (Lipinski definition) is 0. The van der Waals surface area contributed by atoms with Crippen molar-refractivity contribution in [2.45, 2.75) is 146 Å². The van der Waals surface area contributed by atoms with Crippen molar-refractivity contribution in [2.24, 2.45) is 0 Å². The number of rotatable bonds is 26. The Balaban J connectivity index is 6.64. The fourth-order valence-corrected chi connectivity index (χ4v) is 4.94. The molecule has 0 aliphatic rings. The molecule has 0 aliphatic heterocycles. The summed E-state index contributed by atoms with van der Waals surface area (Å²) < 4.78 is 533. The Bertz CT molecular complexity index is 2040. The molecular weight excluding hydrogens is 1230 g/mol. The van der Waals surface area contributed by atoms with E-state index in [1.54, 1.807) is 0 Å². The molecule has 2 atom stereocenters. The normalized spacial score (nSPS) is 16.5. The van der Waals surface area contributed by atoms with Crippen LogP contribution in [0.2, 0.25) is 0 Å². The zero-order valence-corrected chi connectivity index (χ0v) is 35.8. The summed E-state index contributed by atoms with van der Waals surface area (Å²) in [5, 5.41) is 0. The van der Waals surface area contributed by atoms with Gasteiger partial charge in [0.05, 0.1) is 12.8 Å². The quantitative estimate of drug-likeness (QED) is 0.0365. The number of carbonyl (C=O) groups is 4. The van der Waals surface area contributed by atoms with Crippen molar-refractivity contribution in [1.82, 2.24) is 0 Å². The Kier molecular flexibility index (Phi) is 19.8. The Morgan fingerprint density at radius 3 is 0.628 bits per heavy atom. The second-order valence-corrected chi connectivity index (χ2v) is 14.9. The van der Waals surface area contributed by atoms with Gasteiger partial charge in [0.1, 0.15) is 25.4 Å². The number of halogens is 38. The highest BCUT2D eigenvalue weighted by molar-refractivity contribution is 5.91. The molecule has 8 nitrogen and oxygen atoms in total. The lowest BCUT2D eigenvalue weighted by atomic mass is 9.86. The fraction of sp³-hybridized carbons (Fsp3) is 0.812. The summed E-state index contributed by atoms with van der Waals surface area (Å²) in [5.74, 6) is -151. The van der Waals surface area contributed by atoms with Gasteiger partial charge in [-0.1, -0.05) is 0 Å². The van der Waals surface area contributed by atoms with Gasteiger partial charge in [-0.05, 0) is 0 Å². The minimum atomic E-state index is -9.36. The first kappa shape index (κ1) is 73.0.